The Morgan fingerprint density at radius 2 is 2.04 bits per heavy atom. The topological polar surface area (TPSA) is 75.4 Å². The van der Waals surface area contributed by atoms with E-state index >= 15 is 0 Å². The molecule has 1 aromatic carbocycles. The molecule has 0 unspecified atom stereocenters. The van der Waals surface area contributed by atoms with E-state index in [0.717, 1.165) is 17.7 Å². The highest BCUT2D eigenvalue weighted by Crippen LogP contribution is 2.22. The predicted octanol–water partition coefficient (Wildman–Crippen LogP) is 1.93. The van der Waals surface area contributed by atoms with E-state index in [9.17, 15) is 14.7 Å². The fraction of sp³-hybridized carbons (Fsp3) is 0.353. The first-order chi connectivity index (χ1) is 11.1. The van der Waals surface area contributed by atoms with Crippen LogP contribution in [0.4, 0.5) is 0 Å². The molecular weight excluding hydrogens is 294 g/mol. The van der Waals surface area contributed by atoms with E-state index in [-0.39, 0.29) is 5.91 Å². The van der Waals surface area contributed by atoms with Gasteiger partial charge in [0.15, 0.2) is 0 Å². The number of benzene rings is 1. The number of carbonyl (C=O) groups is 2. The molecule has 3 rings (SSSR count). The Bertz CT molecular complexity index is 724. The summed E-state index contributed by atoms with van der Waals surface area (Å²) in [6, 6.07) is 9.16. The molecule has 1 saturated heterocycles. The first kappa shape index (κ1) is 15.3. The van der Waals surface area contributed by atoms with Crippen LogP contribution in [0.15, 0.2) is 36.5 Å². The predicted molar refractivity (Wildman–Crippen MR) is 84.2 cm³/mol. The molecule has 0 aliphatic carbocycles. The number of carboxylic acids is 1. The zero-order chi connectivity index (χ0) is 16.4. The summed E-state index contributed by atoms with van der Waals surface area (Å²) < 4.78 is 1.77. The second kappa shape index (κ2) is 6.24. The van der Waals surface area contributed by atoms with E-state index in [1.807, 2.05) is 37.3 Å². The van der Waals surface area contributed by atoms with Gasteiger partial charge in [0.1, 0.15) is 6.04 Å². The van der Waals surface area contributed by atoms with Crippen LogP contribution in [0.2, 0.25) is 0 Å². The molecule has 2 aromatic rings. The Morgan fingerprint density at radius 1 is 1.30 bits per heavy atom. The molecule has 120 valence electrons. The Morgan fingerprint density at radius 3 is 2.74 bits per heavy atom. The average Bonchev–Trinajstić information content (AvgIpc) is 3.16. The molecule has 6 nitrogen and oxygen atoms in total. The molecular formula is C17H19N3O3. The molecule has 0 saturated carbocycles. The van der Waals surface area contributed by atoms with Crippen LogP contribution in [0.3, 0.4) is 0 Å². The second-order valence-corrected chi connectivity index (χ2v) is 5.78. The molecule has 1 aliphatic rings. The highest BCUT2D eigenvalue weighted by molar-refractivity contribution is 5.97. The van der Waals surface area contributed by atoms with Crippen molar-refractivity contribution in [3.63, 3.8) is 0 Å². The lowest BCUT2D eigenvalue weighted by molar-refractivity contribution is -0.141. The fourth-order valence-corrected chi connectivity index (χ4v) is 2.99. The Kier molecular flexibility index (Phi) is 4.14. The number of hydrogen-bond donors (Lipinski definition) is 1. The lowest BCUT2D eigenvalue weighted by Gasteiger charge is -2.21. The van der Waals surface area contributed by atoms with Crippen LogP contribution in [0.1, 0.15) is 34.5 Å². The summed E-state index contributed by atoms with van der Waals surface area (Å²) in [7, 11) is 0. The van der Waals surface area contributed by atoms with Crippen molar-refractivity contribution in [2.45, 2.75) is 32.4 Å². The van der Waals surface area contributed by atoms with E-state index in [4.69, 9.17) is 0 Å². The summed E-state index contributed by atoms with van der Waals surface area (Å²) in [4.78, 5) is 25.4. The summed E-state index contributed by atoms with van der Waals surface area (Å²) in [6.07, 6.45) is 2.77. The van der Waals surface area contributed by atoms with Crippen molar-refractivity contribution in [1.29, 1.82) is 0 Å². The summed E-state index contributed by atoms with van der Waals surface area (Å²) >= 11 is 0. The summed E-state index contributed by atoms with van der Waals surface area (Å²) in [6.45, 7) is 2.91. The van der Waals surface area contributed by atoms with Crippen molar-refractivity contribution in [3.8, 4) is 0 Å². The van der Waals surface area contributed by atoms with Gasteiger partial charge in [0.05, 0.1) is 18.3 Å². The van der Waals surface area contributed by atoms with Gasteiger partial charge in [-0.1, -0.05) is 30.3 Å². The molecule has 0 bridgehead atoms. The van der Waals surface area contributed by atoms with E-state index < -0.39 is 12.0 Å². The molecule has 2 heterocycles. The molecule has 0 spiro atoms. The first-order valence-electron chi connectivity index (χ1n) is 7.68. The number of likely N-dealkylation sites (tertiary alicyclic amines) is 1. The molecule has 0 radical (unpaired) electrons. The average molecular weight is 313 g/mol. The minimum Gasteiger partial charge on any atom is -0.480 e. The third kappa shape index (κ3) is 2.97. The Hall–Kier alpha value is -2.63. The molecule has 1 atom stereocenters. The lowest BCUT2D eigenvalue weighted by Crippen LogP contribution is -2.40. The van der Waals surface area contributed by atoms with Gasteiger partial charge in [0.25, 0.3) is 5.91 Å². The molecule has 1 N–H and O–H groups in total. The second-order valence-electron chi connectivity index (χ2n) is 5.78. The number of carboxylic acid groups (broad SMARTS) is 1. The minimum atomic E-state index is -0.940. The SMILES string of the molecule is Cc1c(C(=O)N2CCC[C@@H]2C(=O)O)cnn1Cc1ccccc1. The number of amides is 1. The lowest BCUT2D eigenvalue weighted by atomic mass is 10.2. The van der Waals surface area contributed by atoms with Crippen molar-refractivity contribution in [3.05, 3.63) is 53.3 Å². The number of aromatic nitrogens is 2. The van der Waals surface area contributed by atoms with Gasteiger partial charge in [0.2, 0.25) is 0 Å². The van der Waals surface area contributed by atoms with Gasteiger partial charge in [-0.2, -0.15) is 5.10 Å². The van der Waals surface area contributed by atoms with Crippen LogP contribution in [0, 0.1) is 6.92 Å². The third-order valence-electron chi connectivity index (χ3n) is 4.31. The standard InChI is InChI=1S/C17H19N3O3/c1-12-14(16(21)19-9-5-8-15(19)17(22)23)10-18-20(12)11-13-6-3-2-4-7-13/h2-4,6-7,10,15H,5,8-9,11H2,1H3,(H,22,23)/t15-/m1/s1. The zero-order valence-corrected chi connectivity index (χ0v) is 13.0. The van der Waals surface area contributed by atoms with Crippen LogP contribution < -0.4 is 0 Å². The smallest absolute Gasteiger partial charge is 0.326 e. The highest BCUT2D eigenvalue weighted by atomic mass is 16.4. The van der Waals surface area contributed by atoms with E-state index in [1.54, 1.807) is 4.68 Å². The number of nitrogens with zero attached hydrogens (tertiary/aromatic N) is 3. The molecule has 6 heteroatoms. The van der Waals surface area contributed by atoms with Crippen molar-refractivity contribution in [2.75, 3.05) is 6.54 Å². The number of aliphatic carboxylic acids is 1. The van der Waals surface area contributed by atoms with Crippen LogP contribution in [0.5, 0.6) is 0 Å². The highest BCUT2D eigenvalue weighted by Gasteiger charge is 2.35. The molecule has 1 fully saturated rings. The molecule has 1 amide bonds. The quantitative estimate of drug-likeness (QED) is 0.936. The normalized spacial score (nSPS) is 17.4. The van der Waals surface area contributed by atoms with E-state index in [1.165, 1.54) is 11.1 Å². The van der Waals surface area contributed by atoms with Gasteiger partial charge in [-0.25, -0.2) is 4.79 Å². The van der Waals surface area contributed by atoms with Crippen molar-refractivity contribution in [2.24, 2.45) is 0 Å². The Labute approximate surface area is 134 Å². The zero-order valence-electron chi connectivity index (χ0n) is 13.0. The summed E-state index contributed by atoms with van der Waals surface area (Å²) in [5, 5.41) is 13.5. The van der Waals surface area contributed by atoms with Gasteiger partial charge in [-0.3, -0.25) is 9.48 Å². The van der Waals surface area contributed by atoms with Gasteiger partial charge in [-0.05, 0) is 25.3 Å². The first-order valence-corrected chi connectivity index (χ1v) is 7.68. The maximum Gasteiger partial charge on any atom is 0.326 e. The number of carbonyl (C=O) groups excluding carboxylic acids is 1. The van der Waals surface area contributed by atoms with Crippen LogP contribution in [0.25, 0.3) is 0 Å². The molecule has 1 aromatic heterocycles. The summed E-state index contributed by atoms with van der Waals surface area (Å²) in [5.41, 5.74) is 2.34. The van der Waals surface area contributed by atoms with Crippen molar-refractivity contribution < 1.29 is 14.7 Å². The maximum absolute atomic E-state index is 12.7. The molecule has 23 heavy (non-hydrogen) atoms. The van der Waals surface area contributed by atoms with Gasteiger partial charge in [0, 0.05) is 12.2 Å². The van der Waals surface area contributed by atoms with Gasteiger partial charge in [-0.15, -0.1) is 0 Å². The monoisotopic (exact) mass is 313 g/mol. The van der Waals surface area contributed by atoms with Crippen molar-refractivity contribution >= 4 is 11.9 Å². The largest absolute Gasteiger partial charge is 0.480 e. The van der Waals surface area contributed by atoms with Crippen LogP contribution >= 0.6 is 0 Å². The molecule has 1 aliphatic heterocycles. The summed E-state index contributed by atoms with van der Waals surface area (Å²) in [5.74, 6) is -1.18. The van der Waals surface area contributed by atoms with E-state index in [2.05, 4.69) is 5.10 Å². The Balaban J connectivity index is 1.81. The fourth-order valence-electron chi connectivity index (χ4n) is 2.99. The third-order valence-corrected chi connectivity index (χ3v) is 4.31. The number of rotatable bonds is 4. The van der Waals surface area contributed by atoms with Crippen LogP contribution in [-0.2, 0) is 11.3 Å². The number of hydrogen-bond acceptors (Lipinski definition) is 3. The maximum atomic E-state index is 12.7. The van der Waals surface area contributed by atoms with Crippen LogP contribution in [-0.4, -0.2) is 44.3 Å². The van der Waals surface area contributed by atoms with Gasteiger partial charge < -0.3 is 10.0 Å². The van der Waals surface area contributed by atoms with Crippen molar-refractivity contribution in [1.82, 2.24) is 14.7 Å². The van der Waals surface area contributed by atoms with Gasteiger partial charge >= 0.3 is 5.97 Å². The minimum absolute atomic E-state index is 0.244. The van der Waals surface area contributed by atoms with E-state index in [0.29, 0.717) is 25.1 Å².